The van der Waals surface area contributed by atoms with E-state index in [1.54, 1.807) is 25.1 Å². The summed E-state index contributed by atoms with van der Waals surface area (Å²) in [4.78, 5) is 20.7. The van der Waals surface area contributed by atoms with Crippen molar-refractivity contribution in [1.82, 2.24) is 0 Å². The summed E-state index contributed by atoms with van der Waals surface area (Å²) < 4.78 is 27.7. The van der Waals surface area contributed by atoms with E-state index >= 15 is 0 Å². The van der Waals surface area contributed by atoms with E-state index < -0.39 is 6.61 Å². The normalized spacial score (nSPS) is 9.78. The van der Waals surface area contributed by atoms with E-state index in [2.05, 4.69) is 4.74 Å². The van der Waals surface area contributed by atoms with Crippen LogP contribution in [0.5, 0.6) is 11.5 Å². The van der Waals surface area contributed by atoms with E-state index in [0.29, 0.717) is 18.1 Å². The molecule has 0 amide bonds. The van der Waals surface area contributed by atoms with Crippen LogP contribution in [0.15, 0.2) is 36.4 Å². The van der Waals surface area contributed by atoms with Crippen molar-refractivity contribution in [3.05, 3.63) is 58.7 Å². The Morgan fingerprint density at radius 2 is 1.48 bits per heavy atom. The van der Waals surface area contributed by atoms with Crippen molar-refractivity contribution in [3.63, 3.8) is 0 Å². The number of alkyl halides is 2. The lowest BCUT2D eigenvalue weighted by atomic mass is 10.1. The van der Waals surface area contributed by atoms with E-state index in [9.17, 15) is 18.4 Å². The molecule has 2 rings (SSSR count). The Balaban J connectivity index is 0.000000238. The van der Waals surface area contributed by atoms with Gasteiger partial charge in [0.1, 0.15) is 11.5 Å². The standard InChI is InChI=1S/C9H8F2O2.C8H8O2/c1-6-2-3-8(13-9(10)11)7(4-6)5-12;1-6-2-3-8(10)7(4-6)5-9/h2-5,9H,1H3;2-5,10H,1H3. The van der Waals surface area contributed by atoms with Gasteiger partial charge in [-0.05, 0) is 38.1 Å². The third kappa shape index (κ3) is 5.86. The summed E-state index contributed by atoms with van der Waals surface area (Å²) in [6.07, 6.45) is 1.13. The minimum atomic E-state index is -2.90. The van der Waals surface area contributed by atoms with Crippen LogP contribution < -0.4 is 4.74 Å². The van der Waals surface area contributed by atoms with Gasteiger partial charge in [-0.25, -0.2) is 0 Å². The van der Waals surface area contributed by atoms with Crippen molar-refractivity contribution in [2.45, 2.75) is 20.5 Å². The van der Waals surface area contributed by atoms with Crippen LogP contribution >= 0.6 is 0 Å². The number of ether oxygens (including phenoxy) is 1. The lowest BCUT2D eigenvalue weighted by Gasteiger charge is -2.06. The SMILES string of the molecule is Cc1ccc(O)c(C=O)c1.Cc1ccc(OC(F)F)c(C=O)c1. The maximum absolute atomic E-state index is 11.8. The Morgan fingerprint density at radius 1 is 0.957 bits per heavy atom. The molecule has 0 bridgehead atoms. The van der Waals surface area contributed by atoms with E-state index in [1.165, 1.54) is 18.2 Å². The van der Waals surface area contributed by atoms with Crippen molar-refractivity contribution >= 4 is 12.6 Å². The Labute approximate surface area is 132 Å². The molecule has 0 aliphatic heterocycles. The molecule has 0 aliphatic carbocycles. The molecule has 0 fully saturated rings. The fourth-order valence-corrected chi connectivity index (χ4v) is 1.73. The number of halogens is 2. The zero-order valence-corrected chi connectivity index (χ0v) is 12.6. The number of hydrogen-bond donors (Lipinski definition) is 1. The number of benzene rings is 2. The average Bonchev–Trinajstić information content (AvgIpc) is 2.51. The number of hydrogen-bond acceptors (Lipinski definition) is 4. The Kier molecular flexibility index (Phi) is 6.86. The number of phenolic OH excluding ortho intramolecular Hbond substituents is 1. The summed E-state index contributed by atoms with van der Waals surface area (Å²) in [6, 6.07) is 9.35. The third-order valence-electron chi connectivity index (χ3n) is 2.82. The van der Waals surface area contributed by atoms with Gasteiger partial charge in [-0.3, -0.25) is 9.59 Å². The highest BCUT2D eigenvalue weighted by Crippen LogP contribution is 2.20. The van der Waals surface area contributed by atoms with Crippen LogP contribution in [0.3, 0.4) is 0 Å². The maximum atomic E-state index is 11.8. The van der Waals surface area contributed by atoms with Gasteiger partial charge < -0.3 is 9.84 Å². The summed E-state index contributed by atoms with van der Waals surface area (Å²) in [5, 5.41) is 9.00. The van der Waals surface area contributed by atoms with Crippen molar-refractivity contribution in [1.29, 1.82) is 0 Å². The molecule has 23 heavy (non-hydrogen) atoms. The Bertz CT molecular complexity index is 684. The summed E-state index contributed by atoms with van der Waals surface area (Å²) in [6.45, 7) is 0.729. The Hall–Kier alpha value is -2.76. The first-order valence-electron chi connectivity index (χ1n) is 6.62. The predicted octanol–water partition coefficient (Wildman–Crippen LogP) is 3.92. The minimum absolute atomic E-state index is 0.0422. The smallest absolute Gasteiger partial charge is 0.387 e. The fourth-order valence-electron chi connectivity index (χ4n) is 1.73. The van der Waals surface area contributed by atoms with Gasteiger partial charge in [-0.15, -0.1) is 0 Å². The summed E-state index contributed by atoms with van der Waals surface area (Å²) in [5.41, 5.74) is 2.28. The zero-order chi connectivity index (χ0) is 17.4. The van der Waals surface area contributed by atoms with Crippen molar-refractivity contribution in [2.75, 3.05) is 0 Å². The van der Waals surface area contributed by atoms with Crippen LogP contribution in [-0.4, -0.2) is 24.3 Å². The monoisotopic (exact) mass is 322 g/mol. The van der Waals surface area contributed by atoms with Gasteiger partial charge in [0.05, 0.1) is 11.1 Å². The van der Waals surface area contributed by atoms with Gasteiger partial charge in [0.25, 0.3) is 0 Å². The van der Waals surface area contributed by atoms with Crippen molar-refractivity contribution in [2.24, 2.45) is 0 Å². The van der Waals surface area contributed by atoms with E-state index in [1.807, 2.05) is 6.92 Å². The predicted molar refractivity (Wildman–Crippen MR) is 81.4 cm³/mol. The molecule has 0 saturated carbocycles. The molecule has 0 spiro atoms. The summed E-state index contributed by atoms with van der Waals surface area (Å²) in [5.74, 6) is -0.0452. The number of carbonyl (C=O) groups is 2. The molecule has 1 N–H and O–H groups in total. The lowest BCUT2D eigenvalue weighted by molar-refractivity contribution is -0.0500. The molecule has 0 aromatic heterocycles. The molecule has 0 aliphatic rings. The first kappa shape index (κ1) is 18.3. The van der Waals surface area contributed by atoms with Gasteiger partial charge in [0.2, 0.25) is 0 Å². The molecule has 2 aromatic rings. The quantitative estimate of drug-likeness (QED) is 0.867. The summed E-state index contributed by atoms with van der Waals surface area (Å²) in [7, 11) is 0. The van der Waals surface area contributed by atoms with Crippen LogP contribution in [0.1, 0.15) is 31.8 Å². The highest BCUT2D eigenvalue weighted by molar-refractivity contribution is 5.80. The van der Waals surface area contributed by atoms with Gasteiger partial charge in [-0.1, -0.05) is 23.3 Å². The minimum Gasteiger partial charge on any atom is -0.507 e. The lowest BCUT2D eigenvalue weighted by Crippen LogP contribution is -2.04. The number of aryl methyl sites for hydroxylation is 2. The molecule has 0 saturated heterocycles. The molecule has 0 atom stereocenters. The van der Waals surface area contributed by atoms with Crippen molar-refractivity contribution < 1.29 is 28.2 Å². The van der Waals surface area contributed by atoms with E-state index in [-0.39, 0.29) is 17.1 Å². The van der Waals surface area contributed by atoms with Gasteiger partial charge in [0, 0.05) is 0 Å². The first-order valence-corrected chi connectivity index (χ1v) is 6.62. The second kappa shape index (κ2) is 8.63. The molecule has 2 aromatic carbocycles. The third-order valence-corrected chi connectivity index (χ3v) is 2.82. The molecule has 0 heterocycles. The number of aromatic hydroxyl groups is 1. The molecule has 0 radical (unpaired) electrons. The highest BCUT2D eigenvalue weighted by Gasteiger charge is 2.08. The molecule has 122 valence electrons. The zero-order valence-electron chi connectivity index (χ0n) is 12.6. The first-order chi connectivity index (χ1) is 10.9. The molecular weight excluding hydrogens is 306 g/mol. The van der Waals surface area contributed by atoms with E-state index in [4.69, 9.17) is 5.11 Å². The molecule has 0 unspecified atom stereocenters. The van der Waals surface area contributed by atoms with Crippen LogP contribution in [0.25, 0.3) is 0 Å². The van der Waals surface area contributed by atoms with Gasteiger partial charge >= 0.3 is 6.61 Å². The van der Waals surface area contributed by atoms with Crippen molar-refractivity contribution in [3.8, 4) is 11.5 Å². The van der Waals surface area contributed by atoms with Crippen LogP contribution in [-0.2, 0) is 0 Å². The van der Waals surface area contributed by atoms with Crippen LogP contribution in [0.4, 0.5) is 8.78 Å². The van der Waals surface area contributed by atoms with Crippen LogP contribution in [0, 0.1) is 13.8 Å². The molecular formula is C17H16F2O4. The average molecular weight is 322 g/mol. The van der Waals surface area contributed by atoms with Gasteiger partial charge in [-0.2, -0.15) is 8.78 Å². The number of rotatable bonds is 4. The van der Waals surface area contributed by atoms with Gasteiger partial charge in [0.15, 0.2) is 12.6 Å². The van der Waals surface area contributed by atoms with E-state index in [0.717, 1.165) is 11.1 Å². The summed E-state index contributed by atoms with van der Waals surface area (Å²) >= 11 is 0. The molecule has 6 heteroatoms. The number of aldehydes is 2. The topological polar surface area (TPSA) is 63.6 Å². The second-order valence-electron chi connectivity index (χ2n) is 4.72. The maximum Gasteiger partial charge on any atom is 0.387 e. The number of phenols is 1. The Morgan fingerprint density at radius 3 is 1.96 bits per heavy atom. The number of carbonyl (C=O) groups excluding carboxylic acids is 2. The second-order valence-corrected chi connectivity index (χ2v) is 4.72. The largest absolute Gasteiger partial charge is 0.507 e. The van der Waals surface area contributed by atoms with Crippen LogP contribution in [0.2, 0.25) is 0 Å². The fraction of sp³-hybridized carbons (Fsp3) is 0.176. The highest BCUT2D eigenvalue weighted by atomic mass is 19.3. The molecule has 4 nitrogen and oxygen atoms in total.